The maximum absolute atomic E-state index is 12.4. The van der Waals surface area contributed by atoms with Gasteiger partial charge in [0.25, 0.3) is 5.91 Å². The van der Waals surface area contributed by atoms with E-state index < -0.39 is 0 Å². The molecule has 0 saturated heterocycles. The topological polar surface area (TPSA) is 29.1 Å². The molecule has 2 nitrogen and oxygen atoms in total. The van der Waals surface area contributed by atoms with Gasteiger partial charge in [0.05, 0.1) is 0 Å². The van der Waals surface area contributed by atoms with Gasteiger partial charge in [-0.1, -0.05) is 44.7 Å². The summed E-state index contributed by atoms with van der Waals surface area (Å²) in [6, 6.07) is 7.44. The van der Waals surface area contributed by atoms with E-state index in [0.29, 0.717) is 28.5 Å². The molecule has 0 heterocycles. The monoisotopic (exact) mass is 307 g/mol. The molecule has 0 radical (unpaired) electrons. The molecule has 1 aromatic carbocycles. The van der Waals surface area contributed by atoms with E-state index >= 15 is 0 Å². The van der Waals surface area contributed by atoms with Crippen LogP contribution in [0.5, 0.6) is 0 Å². The third kappa shape index (κ3) is 5.03. The van der Waals surface area contributed by atoms with Crippen molar-refractivity contribution < 1.29 is 4.79 Å². The number of nitrogens with one attached hydrogen (secondary N) is 1. The van der Waals surface area contributed by atoms with Gasteiger partial charge in [0.15, 0.2) is 0 Å². The predicted octanol–water partition coefficient (Wildman–Crippen LogP) is 5.06. The first kappa shape index (κ1) is 16.4. The zero-order valence-electron chi connectivity index (χ0n) is 13.1. The third-order valence-electron chi connectivity index (χ3n) is 4.37. The van der Waals surface area contributed by atoms with Crippen LogP contribution in [0.25, 0.3) is 0 Å². The molecule has 1 N–H and O–H groups in total. The molecule has 0 aromatic heterocycles. The van der Waals surface area contributed by atoms with Crippen LogP contribution < -0.4 is 5.32 Å². The number of carbonyl (C=O) groups is 1. The first-order chi connectivity index (χ1) is 10.1. The predicted molar refractivity (Wildman–Crippen MR) is 88.7 cm³/mol. The average Bonchev–Trinajstić information content (AvgIpc) is 2.47. The van der Waals surface area contributed by atoms with Crippen molar-refractivity contribution in [2.45, 2.75) is 58.4 Å². The Labute approximate surface area is 133 Å². The Morgan fingerprint density at radius 3 is 2.38 bits per heavy atom. The van der Waals surface area contributed by atoms with Crippen LogP contribution in [0.15, 0.2) is 24.3 Å². The highest BCUT2D eigenvalue weighted by Crippen LogP contribution is 2.29. The number of halogens is 1. The van der Waals surface area contributed by atoms with Crippen molar-refractivity contribution in [3.8, 4) is 0 Å². The molecule has 1 aromatic rings. The minimum absolute atomic E-state index is 0.0305. The summed E-state index contributed by atoms with van der Waals surface area (Å²) in [5, 5.41) is 3.94. The molecule has 21 heavy (non-hydrogen) atoms. The molecule has 1 atom stereocenters. The Bertz CT molecular complexity index is 449. The van der Waals surface area contributed by atoms with E-state index in [2.05, 4.69) is 19.2 Å². The molecular weight excluding hydrogens is 282 g/mol. The molecular formula is C18H26ClNO. The van der Waals surface area contributed by atoms with Crippen molar-refractivity contribution in [2.75, 3.05) is 0 Å². The Morgan fingerprint density at radius 2 is 1.81 bits per heavy atom. The summed E-state index contributed by atoms with van der Waals surface area (Å²) in [4.78, 5) is 12.4. The van der Waals surface area contributed by atoms with Crippen LogP contribution in [-0.2, 0) is 0 Å². The van der Waals surface area contributed by atoms with E-state index in [-0.39, 0.29) is 5.91 Å². The zero-order chi connectivity index (χ0) is 15.2. The Morgan fingerprint density at radius 1 is 1.19 bits per heavy atom. The van der Waals surface area contributed by atoms with Gasteiger partial charge in [0.1, 0.15) is 0 Å². The maximum Gasteiger partial charge on any atom is 0.251 e. The fourth-order valence-corrected chi connectivity index (χ4v) is 3.39. The van der Waals surface area contributed by atoms with Gasteiger partial charge in [-0.15, -0.1) is 0 Å². The van der Waals surface area contributed by atoms with Gasteiger partial charge in [-0.25, -0.2) is 0 Å². The Balaban J connectivity index is 2.02. The van der Waals surface area contributed by atoms with Gasteiger partial charge in [-0.05, 0) is 55.4 Å². The van der Waals surface area contributed by atoms with E-state index in [4.69, 9.17) is 11.6 Å². The lowest BCUT2D eigenvalue weighted by molar-refractivity contribution is 0.0904. The summed E-state index contributed by atoms with van der Waals surface area (Å²) in [7, 11) is 0. The number of carbonyl (C=O) groups excluding carboxylic acids is 1. The molecule has 0 spiro atoms. The Kier molecular flexibility index (Phi) is 6.10. The van der Waals surface area contributed by atoms with Gasteiger partial charge < -0.3 is 5.32 Å². The molecule has 1 unspecified atom stereocenters. The van der Waals surface area contributed by atoms with Crippen LogP contribution in [0, 0.1) is 11.8 Å². The van der Waals surface area contributed by atoms with Crippen molar-refractivity contribution in [2.24, 2.45) is 11.8 Å². The highest BCUT2D eigenvalue weighted by Gasteiger charge is 2.26. The summed E-state index contributed by atoms with van der Waals surface area (Å²) in [6.45, 7) is 4.45. The lowest BCUT2D eigenvalue weighted by atomic mass is 9.81. The van der Waals surface area contributed by atoms with E-state index in [1.807, 2.05) is 0 Å². The maximum atomic E-state index is 12.4. The van der Waals surface area contributed by atoms with E-state index in [1.54, 1.807) is 24.3 Å². The molecule has 1 fully saturated rings. The number of rotatable bonds is 5. The fourth-order valence-electron chi connectivity index (χ4n) is 3.27. The van der Waals surface area contributed by atoms with Crippen molar-refractivity contribution in [3.63, 3.8) is 0 Å². The van der Waals surface area contributed by atoms with Crippen molar-refractivity contribution in [1.82, 2.24) is 5.32 Å². The van der Waals surface area contributed by atoms with Crippen LogP contribution in [0.4, 0.5) is 0 Å². The number of amides is 1. The summed E-state index contributed by atoms with van der Waals surface area (Å²) in [5.74, 6) is 1.27. The highest BCUT2D eigenvalue weighted by atomic mass is 35.5. The smallest absolute Gasteiger partial charge is 0.251 e. The molecule has 1 saturated carbocycles. The third-order valence-corrected chi connectivity index (χ3v) is 4.62. The molecule has 0 aliphatic heterocycles. The largest absolute Gasteiger partial charge is 0.349 e. The quantitative estimate of drug-likeness (QED) is 0.809. The molecule has 116 valence electrons. The molecule has 0 bridgehead atoms. The molecule has 2 rings (SSSR count). The SMILES string of the molecule is CC(C)CC(NC(=O)c1ccc(Cl)cc1)C1CCCCC1. The summed E-state index contributed by atoms with van der Waals surface area (Å²) < 4.78 is 0. The van der Waals surface area contributed by atoms with Gasteiger partial charge in [0, 0.05) is 16.6 Å². The van der Waals surface area contributed by atoms with Crippen LogP contribution in [0.2, 0.25) is 5.02 Å². The standard InChI is InChI=1S/C18H26ClNO/c1-13(2)12-17(14-6-4-3-5-7-14)20-18(21)15-8-10-16(19)11-9-15/h8-11,13-14,17H,3-7,12H2,1-2H3,(H,20,21). The van der Waals surface area contributed by atoms with Crippen molar-refractivity contribution in [3.05, 3.63) is 34.9 Å². The van der Waals surface area contributed by atoms with Crippen LogP contribution >= 0.6 is 11.6 Å². The molecule has 1 aliphatic rings. The average molecular weight is 308 g/mol. The summed E-state index contributed by atoms with van der Waals surface area (Å²) in [5.41, 5.74) is 0.698. The second kappa shape index (κ2) is 7.84. The van der Waals surface area contributed by atoms with E-state index in [1.165, 1.54) is 32.1 Å². The number of hydrogen-bond acceptors (Lipinski definition) is 1. The van der Waals surface area contributed by atoms with Crippen LogP contribution in [-0.4, -0.2) is 11.9 Å². The highest BCUT2D eigenvalue weighted by molar-refractivity contribution is 6.30. The van der Waals surface area contributed by atoms with Gasteiger partial charge in [-0.3, -0.25) is 4.79 Å². The normalized spacial score (nSPS) is 17.7. The number of hydrogen-bond donors (Lipinski definition) is 1. The Hall–Kier alpha value is -1.02. The second-order valence-corrected chi connectivity index (χ2v) is 7.05. The molecule has 1 aliphatic carbocycles. The number of benzene rings is 1. The van der Waals surface area contributed by atoms with Crippen LogP contribution in [0.1, 0.15) is 62.7 Å². The van der Waals surface area contributed by atoms with Gasteiger partial charge in [0.2, 0.25) is 0 Å². The van der Waals surface area contributed by atoms with Crippen molar-refractivity contribution >= 4 is 17.5 Å². The lowest BCUT2D eigenvalue weighted by Gasteiger charge is -2.32. The minimum atomic E-state index is 0.0305. The van der Waals surface area contributed by atoms with Gasteiger partial charge in [-0.2, -0.15) is 0 Å². The van der Waals surface area contributed by atoms with E-state index in [0.717, 1.165) is 6.42 Å². The van der Waals surface area contributed by atoms with Crippen molar-refractivity contribution in [1.29, 1.82) is 0 Å². The minimum Gasteiger partial charge on any atom is -0.349 e. The van der Waals surface area contributed by atoms with E-state index in [9.17, 15) is 4.79 Å². The molecule has 3 heteroatoms. The lowest BCUT2D eigenvalue weighted by Crippen LogP contribution is -2.42. The van der Waals surface area contributed by atoms with Crippen LogP contribution in [0.3, 0.4) is 0 Å². The summed E-state index contributed by atoms with van der Waals surface area (Å²) >= 11 is 5.88. The fraction of sp³-hybridized carbons (Fsp3) is 0.611. The first-order valence-corrected chi connectivity index (χ1v) is 8.50. The molecule has 1 amide bonds. The van der Waals surface area contributed by atoms with Gasteiger partial charge >= 0.3 is 0 Å². The zero-order valence-corrected chi connectivity index (χ0v) is 13.8. The first-order valence-electron chi connectivity index (χ1n) is 8.12. The summed E-state index contributed by atoms with van der Waals surface area (Å²) in [6.07, 6.45) is 7.50. The second-order valence-electron chi connectivity index (χ2n) is 6.61.